The summed E-state index contributed by atoms with van der Waals surface area (Å²) in [6.07, 6.45) is 0. The predicted molar refractivity (Wildman–Crippen MR) is 61.5 cm³/mol. The van der Waals surface area contributed by atoms with Gasteiger partial charge in [0, 0.05) is 4.47 Å². The summed E-state index contributed by atoms with van der Waals surface area (Å²) in [5.74, 6) is 7.10. The zero-order chi connectivity index (χ0) is 10.4. The standard InChI is InChI=1S/C8H7BrO2.ClH.H4N2/c1-5-2-3-7(9)6(4-5)8(10)11;;1-2/h2-4H,1H3,(H,10,11);1H;1-2H2. The molecule has 5 N–H and O–H groups in total. The molecule has 0 amide bonds. The normalized spacial score (nSPS) is 8.00. The highest BCUT2D eigenvalue weighted by Crippen LogP contribution is 2.17. The topological polar surface area (TPSA) is 89.3 Å². The van der Waals surface area contributed by atoms with Crippen LogP contribution in [0.4, 0.5) is 0 Å². The molecule has 0 heterocycles. The average Bonchev–Trinajstić information content (AvgIpc) is 2.12. The van der Waals surface area contributed by atoms with Gasteiger partial charge in [-0.3, -0.25) is 11.7 Å². The first-order valence-electron chi connectivity index (χ1n) is 3.44. The molecule has 80 valence electrons. The highest BCUT2D eigenvalue weighted by Gasteiger charge is 2.06. The van der Waals surface area contributed by atoms with Crippen LogP contribution in [0, 0.1) is 6.92 Å². The number of benzene rings is 1. The molecule has 0 aliphatic carbocycles. The maximum Gasteiger partial charge on any atom is 0.336 e. The largest absolute Gasteiger partial charge is 0.478 e. The molecule has 0 aliphatic heterocycles. The van der Waals surface area contributed by atoms with Crippen LogP contribution in [0.1, 0.15) is 15.9 Å². The van der Waals surface area contributed by atoms with Crippen LogP contribution in [0.2, 0.25) is 0 Å². The Bertz CT molecular complexity index is 307. The summed E-state index contributed by atoms with van der Waals surface area (Å²) < 4.78 is 0.621. The van der Waals surface area contributed by atoms with E-state index in [0.717, 1.165) is 5.56 Å². The van der Waals surface area contributed by atoms with Gasteiger partial charge in [-0.05, 0) is 35.0 Å². The highest BCUT2D eigenvalue weighted by atomic mass is 79.9. The Morgan fingerprint density at radius 3 is 2.29 bits per heavy atom. The summed E-state index contributed by atoms with van der Waals surface area (Å²) in [4.78, 5) is 10.5. The fourth-order valence-electron chi connectivity index (χ4n) is 0.803. The van der Waals surface area contributed by atoms with E-state index in [9.17, 15) is 4.79 Å². The molecule has 0 aromatic heterocycles. The minimum absolute atomic E-state index is 0. The molecule has 0 aliphatic rings. The SMILES string of the molecule is Cc1ccc(Br)c(C(=O)O)c1.Cl.NN. The lowest BCUT2D eigenvalue weighted by Crippen LogP contribution is -2.02. The van der Waals surface area contributed by atoms with Crippen molar-refractivity contribution in [1.29, 1.82) is 0 Å². The van der Waals surface area contributed by atoms with Crippen molar-refractivity contribution in [3.63, 3.8) is 0 Å². The van der Waals surface area contributed by atoms with E-state index >= 15 is 0 Å². The number of carboxylic acid groups (broad SMARTS) is 1. The Hall–Kier alpha value is -0.620. The molecule has 1 aromatic carbocycles. The van der Waals surface area contributed by atoms with E-state index in [4.69, 9.17) is 5.11 Å². The van der Waals surface area contributed by atoms with Gasteiger partial charge in [0.2, 0.25) is 0 Å². The van der Waals surface area contributed by atoms with Gasteiger partial charge in [0.05, 0.1) is 5.56 Å². The van der Waals surface area contributed by atoms with Gasteiger partial charge in [-0.25, -0.2) is 4.79 Å². The maximum atomic E-state index is 10.5. The van der Waals surface area contributed by atoms with Crippen LogP contribution in [-0.2, 0) is 0 Å². The molecule has 6 heteroatoms. The Balaban J connectivity index is 0. The molecule has 0 bridgehead atoms. The van der Waals surface area contributed by atoms with Crippen LogP contribution in [0.15, 0.2) is 22.7 Å². The number of hydrogen-bond donors (Lipinski definition) is 3. The van der Waals surface area contributed by atoms with Crippen LogP contribution < -0.4 is 11.7 Å². The zero-order valence-corrected chi connectivity index (χ0v) is 9.93. The number of nitrogens with two attached hydrogens (primary N) is 2. The fraction of sp³-hybridized carbons (Fsp3) is 0.125. The number of aromatic carboxylic acids is 1. The molecule has 14 heavy (non-hydrogen) atoms. The van der Waals surface area contributed by atoms with E-state index in [1.54, 1.807) is 12.1 Å². The van der Waals surface area contributed by atoms with Gasteiger partial charge < -0.3 is 5.11 Å². The first kappa shape index (κ1) is 15.8. The minimum atomic E-state index is -0.902. The minimum Gasteiger partial charge on any atom is -0.478 e. The van der Waals surface area contributed by atoms with Crippen LogP contribution >= 0.6 is 28.3 Å². The monoisotopic (exact) mass is 282 g/mol. The summed E-state index contributed by atoms with van der Waals surface area (Å²) >= 11 is 3.15. The third kappa shape index (κ3) is 4.57. The summed E-state index contributed by atoms with van der Waals surface area (Å²) in [6, 6.07) is 5.22. The van der Waals surface area contributed by atoms with Crippen molar-refractivity contribution >= 4 is 34.3 Å². The van der Waals surface area contributed by atoms with Crippen molar-refractivity contribution in [2.24, 2.45) is 11.7 Å². The molecular formula is C8H12BrClN2O2. The third-order valence-corrected chi connectivity index (χ3v) is 2.04. The number of rotatable bonds is 1. The molecule has 0 saturated heterocycles. The van der Waals surface area contributed by atoms with Gasteiger partial charge in [0.15, 0.2) is 0 Å². The second kappa shape index (κ2) is 7.75. The second-order valence-electron chi connectivity index (χ2n) is 2.29. The number of carbonyl (C=O) groups is 1. The van der Waals surface area contributed by atoms with Gasteiger partial charge in [0.25, 0.3) is 0 Å². The molecule has 1 aromatic rings. The van der Waals surface area contributed by atoms with Gasteiger partial charge in [0.1, 0.15) is 0 Å². The quantitative estimate of drug-likeness (QED) is 0.540. The number of carboxylic acids is 1. The average molecular weight is 284 g/mol. The summed E-state index contributed by atoms with van der Waals surface area (Å²) in [5, 5.41) is 8.66. The molecular weight excluding hydrogens is 271 g/mol. The van der Waals surface area contributed by atoms with Gasteiger partial charge in [-0.1, -0.05) is 11.6 Å². The van der Waals surface area contributed by atoms with E-state index in [1.807, 2.05) is 13.0 Å². The summed E-state index contributed by atoms with van der Waals surface area (Å²) in [5.41, 5.74) is 1.26. The Morgan fingerprint density at radius 1 is 1.43 bits per heavy atom. The first-order valence-corrected chi connectivity index (χ1v) is 4.23. The number of hydrogen-bond acceptors (Lipinski definition) is 3. The zero-order valence-electron chi connectivity index (χ0n) is 7.53. The maximum absolute atomic E-state index is 10.5. The lowest BCUT2D eigenvalue weighted by Gasteiger charge is -1.98. The summed E-state index contributed by atoms with van der Waals surface area (Å²) in [7, 11) is 0. The lowest BCUT2D eigenvalue weighted by molar-refractivity contribution is 0.0696. The Kier molecular flexibility index (Phi) is 8.77. The van der Waals surface area contributed by atoms with Crippen molar-refractivity contribution in [2.45, 2.75) is 6.92 Å². The van der Waals surface area contributed by atoms with Crippen molar-refractivity contribution in [3.8, 4) is 0 Å². The van der Waals surface area contributed by atoms with Gasteiger partial charge in [-0.2, -0.15) is 0 Å². The highest BCUT2D eigenvalue weighted by molar-refractivity contribution is 9.10. The fourth-order valence-corrected chi connectivity index (χ4v) is 1.22. The van der Waals surface area contributed by atoms with E-state index in [2.05, 4.69) is 27.6 Å². The van der Waals surface area contributed by atoms with Crippen molar-refractivity contribution in [1.82, 2.24) is 0 Å². The van der Waals surface area contributed by atoms with Crippen molar-refractivity contribution < 1.29 is 9.90 Å². The molecule has 0 saturated carbocycles. The van der Waals surface area contributed by atoms with Crippen LogP contribution in [0.5, 0.6) is 0 Å². The van der Waals surface area contributed by atoms with Crippen LogP contribution in [-0.4, -0.2) is 11.1 Å². The van der Waals surface area contributed by atoms with Gasteiger partial charge >= 0.3 is 5.97 Å². The van der Waals surface area contributed by atoms with E-state index in [1.165, 1.54) is 0 Å². The number of aryl methyl sites for hydroxylation is 1. The molecule has 0 atom stereocenters. The second-order valence-corrected chi connectivity index (χ2v) is 3.14. The Labute approximate surface area is 96.8 Å². The van der Waals surface area contributed by atoms with Gasteiger partial charge in [-0.15, -0.1) is 12.4 Å². The molecule has 0 spiro atoms. The van der Waals surface area contributed by atoms with Crippen LogP contribution in [0.3, 0.4) is 0 Å². The van der Waals surface area contributed by atoms with Crippen molar-refractivity contribution in [2.75, 3.05) is 0 Å². The molecule has 0 unspecified atom stereocenters. The van der Waals surface area contributed by atoms with Crippen LogP contribution in [0.25, 0.3) is 0 Å². The molecule has 0 fully saturated rings. The third-order valence-electron chi connectivity index (χ3n) is 1.35. The Morgan fingerprint density at radius 2 is 1.93 bits per heavy atom. The smallest absolute Gasteiger partial charge is 0.336 e. The summed E-state index contributed by atoms with van der Waals surface area (Å²) in [6.45, 7) is 1.86. The number of halogens is 2. The van der Waals surface area contributed by atoms with E-state index < -0.39 is 5.97 Å². The molecule has 4 nitrogen and oxygen atoms in total. The van der Waals surface area contributed by atoms with E-state index in [0.29, 0.717) is 10.0 Å². The molecule has 1 rings (SSSR count). The number of hydrazine groups is 1. The van der Waals surface area contributed by atoms with E-state index in [-0.39, 0.29) is 12.4 Å². The lowest BCUT2D eigenvalue weighted by atomic mass is 10.1. The first-order chi connectivity index (χ1) is 6.11. The predicted octanol–water partition coefficient (Wildman–Crippen LogP) is 1.70. The molecule has 0 radical (unpaired) electrons. The van der Waals surface area contributed by atoms with Crippen molar-refractivity contribution in [3.05, 3.63) is 33.8 Å².